The van der Waals surface area contributed by atoms with E-state index in [1.54, 1.807) is 20.8 Å². The smallest absolute Gasteiger partial charge is 0.479 e. The molecule has 0 aliphatic rings. The zero-order chi connectivity index (χ0) is 15.4. The van der Waals surface area contributed by atoms with Crippen LogP contribution in [0.25, 0.3) is 0 Å². The van der Waals surface area contributed by atoms with Gasteiger partial charge >= 0.3 is 18.1 Å². The molecule has 0 heterocycles. The fourth-order valence-electron chi connectivity index (χ4n) is 1.34. The third kappa shape index (κ3) is 4.09. The maximum Gasteiger partial charge on any atom is 0.528 e. The first-order valence-electron chi connectivity index (χ1n) is 5.59. The number of carboxylic acid groups (broad SMARTS) is 2. The predicted molar refractivity (Wildman–Crippen MR) is 63.4 cm³/mol. The number of hydrogen-bond acceptors (Lipinski definition) is 6. The van der Waals surface area contributed by atoms with E-state index in [9.17, 15) is 14.4 Å². The summed E-state index contributed by atoms with van der Waals surface area (Å²) in [4.78, 5) is 38.3. The molecule has 0 radical (unpaired) electrons. The Morgan fingerprint density at radius 2 is 1.53 bits per heavy atom. The third-order valence-corrected chi connectivity index (χ3v) is 2.36. The fourth-order valence-corrected chi connectivity index (χ4v) is 1.34. The van der Waals surface area contributed by atoms with E-state index >= 15 is 0 Å². The van der Waals surface area contributed by atoms with Crippen LogP contribution in [-0.4, -0.2) is 51.6 Å². The Labute approximate surface area is 110 Å². The maximum absolute atomic E-state index is 11.4. The van der Waals surface area contributed by atoms with Crippen molar-refractivity contribution >= 4 is 18.1 Å². The lowest BCUT2D eigenvalue weighted by Crippen LogP contribution is -2.59. The van der Waals surface area contributed by atoms with Crippen LogP contribution in [-0.2, 0) is 19.2 Å². The van der Waals surface area contributed by atoms with Gasteiger partial charge in [0.1, 0.15) is 5.60 Å². The molecule has 8 heteroatoms. The van der Waals surface area contributed by atoms with Crippen LogP contribution < -0.4 is 0 Å². The van der Waals surface area contributed by atoms with Crippen molar-refractivity contribution in [2.75, 3.05) is 7.05 Å². The van der Waals surface area contributed by atoms with Gasteiger partial charge in [-0.3, -0.25) is 0 Å². The van der Waals surface area contributed by atoms with Crippen molar-refractivity contribution in [1.29, 1.82) is 0 Å². The Balaban J connectivity index is 5.05. The largest absolute Gasteiger partial charge is 0.528 e. The topological polar surface area (TPSA) is 113 Å². The molecule has 0 saturated carbocycles. The molecule has 2 N–H and O–H groups in total. The summed E-state index contributed by atoms with van der Waals surface area (Å²) < 4.78 is 4.82. The van der Waals surface area contributed by atoms with Crippen LogP contribution in [0.2, 0.25) is 0 Å². The third-order valence-electron chi connectivity index (χ3n) is 2.36. The van der Waals surface area contributed by atoms with Crippen molar-refractivity contribution in [2.24, 2.45) is 0 Å². The highest BCUT2D eigenvalue weighted by Crippen LogP contribution is 2.21. The standard InChI is InChI=1S/C11H19NO7/c1-6-11(7(13)14,8(15)16)12(5)19-9(17)18-10(2,3)4/h6H2,1-5H3,(H,13,14)(H,15,16). The van der Waals surface area contributed by atoms with Crippen molar-refractivity contribution in [3.8, 4) is 0 Å². The van der Waals surface area contributed by atoms with Crippen LogP contribution in [0.1, 0.15) is 34.1 Å². The van der Waals surface area contributed by atoms with Gasteiger partial charge in [0.25, 0.3) is 0 Å². The number of carbonyl (C=O) groups is 3. The predicted octanol–water partition coefficient (Wildman–Crippen LogP) is 1.10. The minimum Gasteiger partial charge on any atom is -0.479 e. The molecule has 0 aromatic heterocycles. The van der Waals surface area contributed by atoms with E-state index in [4.69, 9.17) is 14.9 Å². The number of hydrogen-bond donors (Lipinski definition) is 2. The van der Waals surface area contributed by atoms with E-state index in [2.05, 4.69) is 4.84 Å². The Bertz CT molecular complexity index is 358. The monoisotopic (exact) mass is 277 g/mol. The Morgan fingerprint density at radius 3 is 1.79 bits per heavy atom. The Morgan fingerprint density at radius 1 is 1.11 bits per heavy atom. The molecule has 0 aliphatic carbocycles. The first-order valence-corrected chi connectivity index (χ1v) is 5.59. The number of nitrogens with zero attached hydrogens (tertiary/aromatic N) is 1. The number of carboxylic acids is 2. The van der Waals surface area contributed by atoms with Gasteiger partial charge in [-0.2, -0.15) is 0 Å². The maximum atomic E-state index is 11.4. The first kappa shape index (κ1) is 17.2. The van der Waals surface area contributed by atoms with Gasteiger partial charge in [-0.1, -0.05) is 6.92 Å². The molecule has 0 bridgehead atoms. The van der Waals surface area contributed by atoms with Crippen LogP contribution in [0.15, 0.2) is 0 Å². The lowest BCUT2D eigenvalue weighted by Gasteiger charge is -2.32. The number of rotatable bonds is 5. The minimum absolute atomic E-state index is 0.295. The summed E-state index contributed by atoms with van der Waals surface area (Å²) in [6.45, 7) is 6.14. The summed E-state index contributed by atoms with van der Waals surface area (Å²) in [7, 11) is 1.05. The molecule has 0 aromatic rings. The Hall–Kier alpha value is -1.83. The molecule has 0 fully saturated rings. The van der Waals surface area contributed by atoms with Gasteiger partial charge in [0, 0.05) is 7.05 Å². The van der Waals surface area contributed by atoms with Gasteiger partial charge in [-0.05, 0) is 27.2 Å². The van der Waals surface area contributed by atoms with Crippen molar-refractivity contribution in [3.63, 3.8) is 0 Å². The van der Waals surface area contributed by atoms with Crippen LogP contribution in [0.5, 0.6) is 0 Å². The zero-order valence-electron chi connectivity index (χ0n) is 11.6. The highest BCUT2D eigenvalue weighted by molar-refractivity contribution is 6.03. The van der Waals surface area contributed by atoms with Gasteiger partial charge in [-0.15, -0.1) is 5.06 Å². The second kappa shape index (κ2) is 5.87. The zero-order valence-corrected chi connectivity index (χ0v) is 11.6. The summed E-state index contributed by atoms with van der Waals surface area (Å²) in [5.41, 5.74) is -3.18. The van der Waals surface area contributed by atoms with Gasteiger partial charge in [-0.25, -0.2) is 14.4 Å². The number of hydroxylamine groups is 2. The molecule has 0 aliphatic heterocycles. The van der Waals surface area contributed by atoms with E-state index in [1.165, 1.54) is 6.92 Å². The summed E-state index contributed by atoms with van der Waals surface area (Å²) in [6, 6.07) is 0. The van der Waals surface area contributed by atoms with Gasteiger partial charge in [0.05, 0.1) is 0 Å². The quantitative estimate of drug-likeness (QED) is 0.436. The van der Waals surface area contributed by atoms with Crippen molar-refractivity contribution in [2.45, 2.75) is 45.3 Å². The van der Waals surface area contributed by atoms with E-state index < -0.39 is 29.2 Å². The molecular formula is C11H19NO7. The first-order chi connectivity index (χ1) is 8.47. The molecule has 0 aromatic carbocycles. The molecule has 0 rings (SSSR count). The molecule has 0 saturated heterocycles. The van der Waals surface area contributed by atoms with E-state index in [-0.39, 0.29) is 6.42 Å². The molecule has 8 nitrogen and oxygen atoms in total. The number of ether oxygens (including phenoxy) is 1. The second-order valence-electron chi connectivity index (χ2n) is 4.88. The van der Waals surface area contributed by atoms with Crippen molar-refractivity contribution < 1.29 is 34.2 Å². The normalized spacial score (nSPS) is 12.1. The van der Waals surface area contributed by atoms with Crippen LogP contribution in [0, 0.1) is 0 Å². The van der Waals surface area contributed by atoms with Crippen LogP contribution in [0.4, 0.5) is 4.79 Å². The number of carbonyl (C=O) groups excluding carboxylic acids is 1. The lowest BCUT2D eigenvalue weighted by molar-refractivity contribution is -0.210. The van der Waals surface area contributed by atoms with Gasteiger partial charge in [0.2, 0.25) is 5.54 Å². The van der Waals surface area contributed by atoms with Crippen molar-refractivity contribution in [1.82, 2.24) is 5.06 Å². The van der Waals surface area contributed by atoms with Gasteiger partial charge in [0.15, 0.2) is 0 Å². The minimum atomic E-state index is -2.35. The highest BCUT2D eigenvalue weighted by atomic mass is 16.8. The molecule has 0 spiro atoms. The van der Waals surface area contributed by atoms with Gasteiger partial charge < -0.3 is 19.8 Å². The van der Waals surface area contributed by atoms with Crippen LogP contribution >= 0.6 is 0 Å². The molecular weight excluding hydrogens is 258 g/mol. The fraction of sp³-hybridized carbons (Fsp3) is 0.727. The van der Waals surface area contributed by atoms with Crippen LogP contribution in [0.3, 0.4) is 0 Å². The summed E-state index contributed by atoms with van der Waals surface area (Å²) in [6.07, 6.45) is -1.47. The molecule has 19 heavy (non-hydrogen) atoms. The number of aliphatic carboxylic acids is 2. The highest BCUT2D eigenvalue weighted by Gasteiger charge is 2.51. The van der Waals surface area contributed by atoms with E-state index in [0.717, 1.165) is 7.05 Å². The molecule has 0 amide bonds. The lowest BCUT2D eigenvalue weighted by atomic mass is 9.96. The Kier molecular flexibility index (Phi) is 5.31. The average molecular weight is 277 g/mol. The summed E-state index contributed by atoms with van der Waals surface area (Å²) in [5, 5.41) is 18.6. The van der Waals surface area contributed by atoms with Crippen molar-refractivity contribution in [3.05, 3.63) is 0 Å². The van der Waals surface area contributed by atoms with E-state index in [1.807, 2.05) is 0 Å². The SMILES string of the molecule is CCC(C(=O)O)(C(=O)O)N(C)OC(=O)OC(C)(C)C. The van der Waals surface area contributed by atoms with E-state index in [0.29, 0.717) is 5.06 Å². The molecule has 110 valence electrons. The molecule has 0 unspecified atom stereocenters. The molecule has 0 atom stereocenters. The number of likely N-dealkylation sites (N-methyl/N-ethyl adjacent to an activating group) is 1. The second-order valence-corrected chi connectivity index (χ2v) is 4.88. The summed E-state index contributed by atoms with van der Waals surface area (Å²) >= 11 is 0. The average Bonchev–Trinajstić information content (AvgIpc) is 2.14. The summed E-state index contributed by atoms with van der Waals surface area (Å²) in [5.74, 6) is -3.26.